The third-order valence-corrected chi connectivity index (χ3v) is 2.37. The number of rotatable bonds is 2. The molecule has 0 spiro atoms. The van der Waals surface area contributed by atoms with Gasteiger partial charge in [-0.1, -0.05) is 0 Å². The van der Waals surface area contributed by atoms with E-state index in [1.54, 1.807) is 6.92 Å². The van der Waals surface area contributed by atoms with E-state index in [9.17, 15) is 13.2 Å². The van der Waals surface area contributed by atoms with Crippen molar-refractivity contribution >= 4 is 0 Å². The first-order valence-electron chi connectivity index (χ1n) is 4.93. The fourth-order valence-electron chi connectivity index (χ4n) is 1.56. The third kappa shape index (κ3) is 2.03. The first kappa shape index (κ1) is 11.7. The second kappa shape index (κ2) is 4.21. The summed E-state index contributed by atoms with van der Waals surface area (Å²) < 4.78 is 40.9. The Hall–Kier alpha value is -1.82. The van der Waals surface area contributed by atoms with Gasteiger partial charge >= 0.3 is 0 Å². The SMILES string of the molecule is C[C@@H](N)c1cncn1-c1cc(F)cc(F)c1F. The molecule has 17 heavy (non-hydrogen) atoms. The number of imidazole rings is 1. The average Bonchev–Trinajstić information content (AvgIpc) is 2.72. The number of hydrogen-bond acceptors (Lipinski definition) is 2. The fraction of sp³-hybridized carbons (Fsp3) is 0.182. The summed E-state index contributed by atoms with van der Waals surface area (Å²) >= 11 is 0. The summed E-state index contributed by atoms with van der Waals surface area (Å²) in [6, 6.07) is 0.955. The molecule has 0 saturated carbocycles. The van der Waals surface area contributed by atoms with Gasteiger partial charge in [-0.15, -0.1) is 0 Å². The maximum Gasteiger partial charge on any atom is 0.183 e. The van der Waals surface area contributed by atoms with Crippen LogP contribution in [0.15, 0.2) is 24.7 Å². The number of hydrogen-bond donors (Lipinski definition) is 1. The first-order valence-corrected chi connectivity index (χ1v) is 4.93. The van der Waals surface area contributed by atoms with Crippen LogP contribution in [0, 0.1) is 17.5 Å². The molecule has 90 valence electrons. The first-order chi connectivity index (χ1) is 8.00. The van der Waals surface area contributed by atoms with Gasteiger partial charge in [0.1, 0.15) is 5.82 Å². The molecule has 0 bridgehead atoms. The molecule has 0 aliphatic heterocycles. The van der Waals surface area contributed by atoms with Crippen LogP contribution in [0.4, 0.5) is 13.2 Å². The zero-order valence-corrected chi connectivity index (χ0v) is 8.99. The molecule has 0 radical (unpaired) electrons. The summed E-state index contributed by atoms with van der Waals surface area (Å²) in [6.07, 6.45) is 2.68. The van der Waals surface area contributed by atoms with Gasteiger partial charge in [0.25, 0.3) is 0 Å². The summed E-state index contributed by atoms with van der Waals surface area (Å²) in [5, 5.41) is 0. The van der Waals surface area contributed by atoms with Gasteiger partial charge in [0.05, 0.1) is 23.9 Å². The van der Waals surface area contributed by atoms with Gasteiger partial charge in [-0.25, -0.2) is 18.2 Å². The van der Waals surface area contributed by atoms with Crippen LogP contribution in [0.2, 0.25) is 0 Å². The molecule has 1 aromatic heterocycles. The molecule has 0 amide bonds. The van der Waals surface area contributed by atoms with E-state index in [0.29, 0.717) is 11.8 Å². The van der Waals surface area contributed by atoms with Gasteiger partial charge in [-0.05, 0) is 6.92 Å². The molecule has 0 saturated heterocycles. The number of nitrogens with zero attached hydrogens (tertiary/aromatic N) is 2. The second-order valence-corrected chi connectivity index (χ2v) is 3.70. The summed E-state index contributed by atoms with van der Waals surface area (Å²) in [6.45, 7) is 1.67. The molecule has 1 heterocycles. The molecule has 2 rings (SSSR count). The molecule has 0 fully saturated rings. The highest BCUT2D eigenvalue weighted by Gasteiger charge is 2.16. The van der Waals surface area contributed by atoms with Crippen molar-refractivity contribution in [2.75, 3.05) is 0 Å². The predicted octanol–water partition coefficient (Wildman–Crippen LogP) is 2.31. The van der Waals surface area contributed by atoms with E-state index in [2.05, 4.69) is 4.98 Å². The van der Waals surface area contributed by atoms with Crippen molar-refractivity contribution in [1.29, 1.82) is 0 Å². The molecular formula is C11H10F3N3. The summed E-state index contributed by atoms with van der Waals surface area (Å²) in [4.78, 5) is 3.79. The molecule has 1 atom stereocenters. The van der Waals surface area contributed by atoms with Gasteiger partial charge in [-0.3, -0.25) is 4.57 Å². The van der Waals surface area contributed by atoms with Crippen molar-refractivity contribution in [2.24, 2.45) is 5.73 Å². The lowest BCUT2D eigenvalue weighted by molar-refractivity contribution is 0.489. The van der Waals surface area contributed by atoms with Crippen LogP contribution >= 0.6 is 0 Å². The number of benzene rings is 1. The molecule has 6 heteroatoms. The Morgan fingerprint density at radius 3 is 2.65 bits per heavy atom. The monoisotopic (exact) mass is 241 g/mol. The minimum Gasteiger partial charge on any atom is -0.323 e. The summed E-state index contributed by atoms with van der Waals surface area (Å²) in [5.41, 5.74) is 5.88. The van der Waals surface area contributed by atoms with Crippen molar-refractivity contribution in [2.45, 2.75) is 13.0 Å². The topological polar surface area (TPSA) is 43.8 Å². The Labute approximate surface area is 95.7 Å². The van der Waals surface area contributed by atoms with Gasteiger partial charge < -0.3 is 5.73 Å². The Morgan fingerprint density at radius 2 is 2.00 bits per heavy atom. The standard InChI is InChI=1S/C11H10F3N3/c1-6(15)10-4-16-5-17(10)9-3-7(12)2-8(13)11(9)14/h2-6H,15H2,1H3/t6-/m1/s1. The van der Waals surface area contributed by atoms with Crippen LogP contribution in [0.25, 0.3) is 5.69 Å². The van der Waals surface area contributed by atoms with Crippen molar-refractivity contribution < 1.29 is 13.2 Å². The maximum absolute atomic E-state index is 13.6. The zero-order valence-electron chi connectivity index (χ0n) is 8.99. The van der Waals surface area contributed by atoms with Gasteiger partial charge in [-0.2, -0.15) is 0 Å². The van der Waals surface area contributed by atoms with Crippen LogP contribution in [0.3, 0.4) is 0 Å². The van der Waals surface area contributed by atoms with Crippen molar-refractivity contribution in [3.05, 3.63) is 47.8 Å². The van der Waals surface area contributed by atoms with E-state index >= 15 is 0 Å². The Bertz CT molecular complexity index is 549. The second-order valence-electron chi connectivity index (χ2n) is 3.70. The molecule has 0 aliphatic carbocycles. The molecule has 0 unspecified atom stereocenters. The van der Waals surface area contributed by atoms with Crippen LogP contribution in [0.1, 0.15) is 18.7 Å². The van der Waals surface area contributed by atoms with Crippen LogP contribution < -0.4 is 5.73 Å². The third-order valence-electron chi connectivity index (χ3n) is 2.37. The van der Waals surface area contributed by atoms with Crippen LogP contribution in [-0.4, -0.2) is 9.55 Å². The largest absolute Gasteiger partial charge is 0.323 e. The molecule has 2 N–H and O–H groups in total. The zero-order chi connectivity index (χ0) is 12.6. The van der Waals surface area contributed by atoms with E-state index in [1.165, 1.54) is 17.1 Å². The number of halogens is 3. The fourth-order valence-corrected chi connectivity index (χ4v) is 1.56. The normalized spacial score (nSPS) is 12.8. The highest BCUT2D eigenvalue weighted by Crippen LogP contribution is 2.21. The van der Waals surface area contributed by atoms with E-state index in [1.807, 2.05) is 0 Å². The quantitative estimate of drug-likeness (QED) is 0.820. The van der Waals surface area contributed by atoms with Crippen molar-refractivity contribution in [3.8, 4) is 5.69 Å². The molecule has 1 aromatic carbocycles. The Morgan fingerprint density at radius 1 is 1.29 bits per heavy atom. The van der Waals surface area contributed by atoms with E-state index in [-0.39, 0.29) is 5.69 Å². The maximum atomic E-state index is 13.6. The van der Waals surface area contributed by atoms with Gasteiger partial charge in [0.2, 0.25) is 0 Å². The lowest BCUT2D eigenvalue weighted by Gasteiger charge is -2.11. The predicted molar refractivity (Wildman–Crippen MR) is 56.0 cm³/mol. The van der Waals surface area contributed by atoms with Gasteiger partial charge in [0.15, 0.2) is 11.6 Å². The summed E-state index contributed by atoms with van der Waals surface area (Å²) in [5.74, 6) is -3.24. The van der Waals surface area contributed by atoms with Gasteiger partial charge in [0, 0.05) is 18.2 Å². The van der Waals surface area contributed by atoms with Crippen LogP contribution in [-0.2, 0) is 0 Å². The Balaban J connectivity index is 2.64. The summed E-state index contributed by atoms with van der Waals surface area (Å²) in [7, 11) is 0. The van der Waals surface area contributed by atoms with Crippen LogP contribution in [0.5, 0.6) is 0 Å². The lowest BCUT2D eigenvalue weighted by atomic mass is 10.2. The highest BCUT2D eigenvalue weighted by molar-refractivity contribution is 5.37. The molecule has 0 aliphatic rings. The molecular weight excluding hydrogens is 231 g/mol. The van der Waals surface area contributed by atoms with E-state index in [4.69, 9.17) is 5.73 Å². The van der Waals surface area contributed by atoms with E-state index in [0.717, 1.165) is 6.07 Å². The number of aromatic nitrogens is 2. The van der Waals surface area contributed by atoms with Crippen molar-refractivity contribution in [3.63, 3.8) is 0 Å². The lowest BCUT2D eigenvalue weighted by Crippen LogP contribution is -2.12. The minimum absolute atomic E-state index is 0.243. The minimum atomic E-state index is -1.25. The smallest absolute Gasteiger partial charge is 0.183 e. The molecule has 3 nitrogen and oxygen atoms in total. The average molecular weight is 241 g/mol. The number of nitrogens with two attached hydrogens (primary N) is 1. The Kier molecular flexibility index (Phi) is 2.89. The highest BCUT2D eigenvalue weighted by atomic mass is 19.2. The van der Waals surface area contributed by atoms with Crippen molar-refractivity contribution in [1.82, 2.24) is 9.55 Å². The molecule has 2 aromatic rings. The van der Waals surface area contributed by atoms with E-state index < -0.39 is 23.5 Å².